The fraction of sp³-hybridized carbons (Fsp3) is 0.889. The highest BCUT2D eigenvalue weighted by molar-refractivity contribution is 5.92. The summed E-state index contributed by atoms with van der Waals surface area (Å²) in [5.74, 6) is -6.06. The first-order valence-corrected chi connectivity index (χ1v) is 50.3. The van der Waals surface area contributed by atoms with Crippen molar-refractivity contribution in [1.29, 1.82) is 0 Å². The maximum absolute atomic E-state index is 14.3. The number of amides is 9. The average molecular weight is 2170 g/mol. The third-order valence-electron chi connectivity index (χ3n) is 26.1. The molecule has 7 aliphatic heterocycles. The molecule has 0 saturated carbocycles. The quantitative estimate of drug-likeness (QED) is 0.0251. The molecule has 0 radical (unpaired) electrons. The van der Waals surface area contributed by atoms with E-state index in [0.717, 1.165) is 0 Å². The minimum atomic E-state index is -2.02. The highest BCUT2D eigenvalue weighted by atomic mass is 16.8. The van der Waals surface area contributed by atoms with Crippen molar-refractivity contribution >= 4 is 58.9 Å². The molecule has 0 unspecified atom stereocenters. The molecule has 7 heterocycles. The van der Waals surface area contributed by atoms with E-state index in [0.29, 0.717) is 32.1 Å². The molecule has 0 aliphatic carbocycles. The molecular formula is C90H157N9O50. The number of aliphatic hydroxyl groups excluding tert-OH is 26. The van der Waals surface area contributed by atoms with Gasteiger partial charge in [-0.15, -0.1) is 0 Å². The normalized spacial score (nSPS) is 33.7. The molecule has 7 rings (SSSR count). The van der Waals surface area contributed by atoms with Gasteiger partial charge in [-0.05, 0) is 64.2 Å². The van der Waals surface area contributed by atoms with Gasteiger partial charge in [-0.2, -0.15) is 0 Å². The Bertz CT molecular complexity index is 3840. The Hall–Kier alpha value is -6.70. The Morgan fingerprint density at radius 2 is 0.557 bits per heavy atom. The van der Waals surface area contributed by atoms with E-state index in [1.54, 1.807) is 6.92 Å². The Kier molecular flexibility index (Phi) is 58.3. The van der Waals surface area contributed by atoms with Crippen LogP contribution in [0.15, 0.2) is 0 Å². The number of carbonyl (C=O) groups excluding carboxylic acids is 10. The summed E-state index contributed by atoms with van der Waals surface area (Å²) in [5, 5.41) is 287. The van der Waals surface area contributed by atoms with Crippen LogP contribution in [0.1, 0.15) is 142 Å². The van der Waals surface area contributed by atoms with E-state index in [1.165, 1.54) is 9.80 Å². The van der Waals surface area contributed by atoms with Crippen LogP contribution in [0.4, 0.5) is 0 Å². The van der Waals surface area contributed by atoms with Crippen molar-refractivity contribution in [1.82, 2.24) is 47.0 Å². The zero-order chi connectivity index (χ0) is 110. The number of unbranched alkanes of at least 4 members (excludes halogenated alkanes) is 7. The van der Waals surface area contributed by atoms with Crippen molar-refractivity contribution in [2.24, 2.45) is 0 Å². The fourth-order valence-corrected chi connectivity index (χ4v) is 16.9. The third-order valence-corrected chi connectivity index (χ3v) is 26.1. The molecule has 0 aromatic carbocycles. The number of ether oxygens (including phenoxy) is 14. The van der Waals surface area contributed by atoms with Crippen LogP contribution >= 0.6 is 0 Å². The van der Waals surface area contributed by atoms with Crippen LogP contribution in [0, 0.1) is 0 Å². The molecule has 59 nitrogen and oxygen atoms in total. The van der Waals surface area contributed by atoms with Gasteiger partial charge in [-0.25, -0.2) is 0 Å². The topological polar surface area (TPSA) is 917 Å². The predicted molar refractivity (Wildman–Crippen MR) is 494 cm³/mol. The first kappa shape index (κ1) is 129. The highest BCUT2D eigenvalue weighted by Gasteiger charge is 2.54. The van der Waals surface area contributed by atoms with Crippen molar-refractivity contribution < 1.29 is 247 Å². The van der Waals surface area contributed by atoms with Gasteiger partial charge in [0.05, 0.1) is 85.8 Å². The minimum Gasteiger partial charge on any atom is -0.394 e. The van der Waals surface area contributed by atoms with Crippen LogP contribution in [0.2, 0.25) is 0 Å². The SMILES string of the molecule is CCC(=O)CCCCC(=O)NCC(=O)N[C@@H](CCC(=O)N[C@@H](CCC(=O)NCCCCCC(=O)N(CCO[C@H]1O[C@H](CO)[C@@H](O)[C@H](O)[C@@H]1O)CCO[C@H]1O[C@H](CO)[C@@H](O)[C@H](O)[C@@H]1O)C(=O)NCCCCCC(=O)N(CCO[C@H]1O[C@H](CO)[C@@H](O)[C@H](O)[C@@H]1O)CCO[C@H]1O[C@H](CO)[C@@H](O)[C@H](O)[C@@H]1O)C(=O)NCCCCCC(=O)NCCO[C@H]1O[C@H](CO[C@H]2O[C@H](CO)[C@@H](O)[C@H](O)[C@@H]2O)[C@@H](O)[C@H](O[C@H]2O[C@H](CO)[C@@H](O)[C@H](O)[C@@H]2O)[C@@H]1O. The van der Waals surface area contributed by atoms with Crippen LogP contribution in [0.25, 0.3) is 0 Å². The summed E-state index contributed by atoms with van der Waals surface area (Å²) in [4.78, 5) is 138. The first-order chi connectivity index (χ1) is 71.1. The summed E-state index contributed by atoms with van der Waals surface area (Å²) >= 11 is 0. The number of Topliss-reactive ketones (excluding diaryl/α,β-unsaturated/α-hetero) is 1. The van der Waals surface area contributed by atoms with Gasteiger partial charge in [0, 0.05) is 104 Å². The lowest BCUT2D eigenvalue weighted by molar-refractivity contribution is -0.366. The zero-order valence-electron chi connectivity index (χ0n) is 82.9. The Morgan fingerprint density at radius 3 is 0.933 bits per heavy atom. The van der Waals surface area contributed by atoms with E-state index in [4.69, 9.17) is 66.3 Å². The summed E-state index contributed by atoms with van der Waals surface area (Å²) < 4.78 is 77.8. The van der Waals surface area contributed by atoms with E-state index in [9.17, 15) is 181 Å². The smallest absolute Gasteiger partial charge is 0.242 e. The molecule has 7 fully saturated rings. The molecule has 9 amide bonds. The van der Waals surface area contributed by atoms with Crippen molar-refractivity contribution in [3.05, 3.63) is 0 Å². The summed E-state index contributed by atoms with van der Waals surface area (Å²) in [6, 6.07) is -2.97. The number of nitrogens with zero attached hydrogens (tertiary/aromatic N) is 2. The van der Waals surface area contributed by atoms with Crippen molar-refractivity contribution in [3.8, 4) is 0 Å². The fourth-order valence-electron chi connectivity index (χ4n) is 16.9. The number of hydrogen-bond acceptors (Lipinski definition) is 50. The molecule has 149 heavy (non-hydrogen) atoms. The second-order valence-corrected chi connectivity index (χ2v) is 37.2. The highest BCUT2D eigenvalue weighted by Crippen LogP contribution is 2.34. The molecule has 0 aromatic heterocycles. The van der Waals surface area contributed by atoms with Gasteiger partial charge in [0.25, 0.3) is 0 Å². The molecule has 0 aromatic rings. The van der Waals surface area contributed by atoms with Crippen LogP contribution < -0.4 is 37.2 Å². The van der Waals surface area contributed by atoms with Crippen LogP contribution in [-0.4, -0.2) is 567 Å². The lowest BCUT2D eigenvalue weighted by Gasteiger charge is -2.46. The van der Waals surface area contributed by atoms with Gasteiger partial charge in [-0.1, -0.05) is 26.2 Å². The van der Waals surface area contributed by atoms with Gasteiger partial charge in [0.1, 0.15) is 189 Å². The number of rotatable bonds is 67. The van der Waals surface area contributed by atoms with Crippen LogP contribution in [-0.2, 0) is 114 Å². The van der Waals surface area contributed by atoms with Gasteiger partial charge >= 0.3 is 0 Å². The molecule has 0 spiro atoms. The van der Waals surface area contributed by atoms with E-state index in [1.807, 2.05) is 0 Å². The Morgan fingerprint density at radius 1 is 0.268 bits per heavy atom. The molecule has 59 heteroatoms. The van der Waals surface area contributed by atoms with E-state index >= 15 is 0 Å². The maximum Gasteiger partial charge on any atom is 0.242 e. The number of ketones is 1. The maximum atomic E-state index is 14.3. The van der Waals surface area contributed by atoms with E-state index < -0.39 is 359 Å². The van der Waals surface area contributed by atoms with Gasteiger partial charge in [0.2, 0.25) is 53.2 Å². The Balaban J connectivity index is 0.969. The van der Waals surface area contributed by atoms with Crippen LogP contribution in [0.3, 0.4) is 0 Å². The number of aliphatic hydroxyl groups is 26. The Labute approximate surface area is 856 Å². The third kappa shape index (κ3) is 40.5. The molecule has 33 N–H and O–H groups in total. The van der Waals surface area contributed by atoms with Crippen LogP contribution in [0.5, 0.6) is 0 Å². The second kappa shape index (κ2) is 67.3. The largest absolute Gasteiger partial charge is 0.394 e. The first-order valence-electron chi connectivity index (χ1n) is 50.3. The minimum absolute atomic E-state index is 0.0108. The summed E-state index contributed by atoms with van der Waals surface area (Å²) in [7, 11) is 0. The molecule has 0 bridgehead atoms. The second-order valence-electron chi connectivity index (χ2n) is 37.2. The standard InChI is InChI=1S/C90H157N9O50/c1-2-44(106)14-9-10-16-55(108)95-36-58(111)97-46(83(135)94-24-12-3-6-15-54(107)92-26-31-136-89-80(133)81(149-90-79(132)73(126)66(119)52(42-105)147-90)67(120)53(148-89)43-141-88-78(131)72(125)65(118)51(41-104)146-88)20-22-57(110)96-45(82(134)93-25-13-5-8-18-60(113)99(29-34-139-86-76(129)70(123)63(116)49(39-102)144-86)30-35-140-87-77(130)71(124)64(117)50(40-103)145-87)19-21-56(109)91-23-11-4-7-17-59(112)98(27-32-137-84-74(127)68(121)61(114)47(37-100)142-84)28-33-138-85-75(128)69(122)62(115)48(38-101)143-85/h45-53,61-81,84-90,100-105,114-133H,2-43H2,1H3,(H,91,109)(H,92,107)(H,93,134)(H,94,135)(H,95,108)(H,96,110)(H,97,111)/t45-,46-,47+,48+,49+,50+,51+,52+,53+,61+,62+,63+,64+,65+,66+,67+,68-,69-,70-,71-,72-,73-,74-,75-,76-,77-,78-,79-,80-,81-,84-,85-,86-,87-,88-,89-,90+/m0/s1. The number of carbonyl (C=O) groups is 10. The molecule has 37 atom stereocenters. The van der Waals surface area contributed by atoms with Crippen molar-refractivity contribution in [2.75, 3.05) is 138 Å². The van der Waals surface area contributed by atoms with Crippen molar-refractivity contribution in [3.63, 3.8) is 0 Å². The van der Waals surface area contributed by atoms with Gasteiger partial charge < -0.3 is 246 Å². The lowest BCUT2D eigenvalue weighted by atomic mass is 9.96. The number of nitrogens with one attached hydrogen (secondary N) is 7. The zero-order valence-corrected chi connectivity index (χ0v) is 82.9. The molecule has 7 saturated heterocycles. The average Bonchev–Trinajstić information content (AvgIpc) is 0.777. The molecule has 7 aliphatic rings. The van der Waals surface area contributed by atoms with E-state index in [2.05, 4.69) is 37.2 Å². The predicted octanol–water partition coefficient (Wildman–Crippen LogP) is -17.3. The van der Waals surface area contributed by atoms with Crippen molar-refractivity contribution in [2.45, 2.75) is 369 Å². The van der Waals surface area contributed by atoms with Gasteiger partial charge in [0.15, 0.2) is 44.0 Å². The molecular weight excluding hydrogens is 2010 g/mol. The summed E-state index contributed by atoms with van der Waals surface area (Å²) in [6.45, 7) is -7.61. The summed E-state index contributed by atoms with van der Waals surface area (Å²) in [5.41, 5.74) is 0. The monoisotopic (exact) mass is 2160 g/mol. The van der Waals surface area contributed by atoms with E-state index in [-0.39, 0.29) is 168 Å². The molecule has 862 valence electrons. The number of hydrogen-bond donors (Lipinski definition) is 33. The summed E-state index contributed by atoms with van der Waals surface area (Å²) in [6.07, 6.45) is -58.5. The van der Waals surface area contributed by atoms with Gasteiger partial charge in [-0.3, -0.25) is 47.9 Å². The lowest BCUT2D eigenvalue weighted by Crippen LogP contribution is -2.65.